The minimum Gasteiger partial charge on any atom is -0.481 e. The third-order valence-corrected chi connectivity index (χ3v) is 4.21. The molecule has 2 atom stereocenters. The zero-order valence-electron chi connectivity index (χ0n) is 12.4. The highest BCUT2D eigenvalue weighted by Gasteiger charge is 2.36. The van der Waals surface area contributed by atoms with E-state index in [4.69, 9.17) is 0 Å². The third-order valence-electron chi connectivity index (χ3n) is 4.21. The molecular weight excluding hydrogens is 268 g/mol. The summed E-state index contributed by atoms with van der Waals surface area (Å²) in [5, 5.41) is 9.27. The normalized spacial score (nSPS) is 21.8. The Morgan fingerprint density at radius 2 is 2.00 bits per heavy atom. The fourth-order valence-corrected chi connectivity index (χ4v) is 2.94. The maximum absolute atomic E-state index is 12.5. The zero-order valence-corrected chi connectivity index (χ0v) is 12.4. The van der Waals surface area contributed by atoms with Crippen molar-refractivity contribution in [1.29, 1.82) is 0 Å². The first kappa shape index (κ1) is 15.5. The second-order valence-electron chi connectivity index (χ2n) is 5.67. The number of rotatable bonds is 5. The number of likely N-dealkylation sites (N-methyl/N-ethyl adjacent to an activating group) is 1. The van der Waals surface area contributed by atoms with Crippen LogP contribution >= 0.6 is 0 Å². The van der Waals surface area contributed by atoms with Crippen LogP contribution in [0.2, 0.25) is 0 Å². The Balaban J connectivity index is 1.93. The first-order chi connectivity index (χ1) is 10.1. The molecule has 1 saturated carbocycles. The van der Waals surface area contributed by atoms with E-state index in [-0.39, 0.29) is 11.8 Å². The molecule has 0 saturated heterocycles. The van der Waals surface area contributed by atoms with E-state index in [0.29, 0.717) is 25.8 Å². The van der Waals surface area contributed by atoms with Gasteiger partial charge < -0.3 is 10.0 Å². The second-order valence-corrected chi connectivity index (χ2v) is 5.67. The van der Waals surface area contributed by atoms with Crippen LogP contribution in [0, 0.1) is 11.8 Å². The summed E-state index contributed by atoms with van der Waals surface area (Å²) in [5.41, 5.74) is 0.940. The highest BCUT2D eigenvalue weighted by molar-refractivity contribution is 5.84. The average molecular weight is 290 g/mol. The van der Waals surface area contributed by atoms with E-state index in [1.807, 2.05) is 18.2 Å². The number of hydrogen-bond donors (Lipinski definition) is 1. The number of aromatic nitrogens is 1. The molecule has 5 heteroatoms. The van der Waals surface area contributed by atoms with Crippen molar-refractivity contribution in [2.24, 2.45) is 11.8 Å². The molecule has 0 aromatic carbocycles. The summed E-state index contributed by atoms with van der Waals surface area (Å²) < 4.78 is 0. The van der Waals surface area contributed by atoms with E-state index in [1.165, 1.54) is 0 Å². The van der Waals surface area contributed by atoms with Crippen LogP contribution < -0.4 is 0 Å². The van der Waals surface area contributed by atoms with Crippen molar-refractivity contribution in [2.45, 2.75) is 32.1 Å². The third kappa shape index (κ3) is 4.03. The van der Waals surface area contributed by atoms with E-state index in [1.54, 1.807) is 18.1 Å². The molecule has 1 amide bonds. The minimum atomic E-state index is -0.842. The average Bonchev–Trinajstić information content (AvgIpc) is 2.52. The van der Waals surface area contributed by atoms with Crippen LogP contribution in [-0.2, 0) is 16.0 Å². The minimum absolute atomic E-state index is 0.0435. The first-order valence-electron chi connectivity index (χ1n) is 7.47. The van der Waals surface area contributed by atoms with Crippen LogP contribution in [0.15, 0.2) is 24.4 Å². The van der Waals surface area contributed by atoms with E-state index < -0.39 is 11.9 Å². The molecule has 1 aromatic rings. The zero-order chi connectivity index (χ0) is 15.2. The number of hydrogen-bond acceptors (Lipinski definition) is 3. The molecule has 114 valence electrons. The molecule has 1 N–H and O–H groups in total. The van der Waals surface area contributed by atoms with Crippen molar-refractivity contribution >= 4 is 11.9 Å². The molecule has 1 aliphatic rings. The van der Waals surface area contributed by atoms with Crippen molar-refractivity contribution in [1.82, 2.24) is 9.88 Å². The summed E-state index contributed by atoms with van der Waals surface area (Å²) >= 11 is 0. The van der Waals surface area contributed by atoms with Gasteiger partial charge in [0.05, 0.1) is 11.8 Å². The molecule has 2 rings (SSSR count). The number of amides is 1. The van der Waals surface area contributed by atoms with Crippen molar-refractivity contribution in [2.75, 3.05) is 13.6 Å². The standard InChI is InChI=1S/C16H22N2O3/c1-18(11-9-12-6-4-5-10-17-12)15(19)13-7-2-3-8-14(13)16(20)21/h4-6,10,13-14H,2-3,7-9,11H2,1H3,(H,20,21)/t13-,14+/m1/s1. The molecule has 0 unspecified atom stereocenters. The Morgan fingerprint density at radius 3 is 2.62 bits per heavy atom. The number of carbonyl (C=O) groups is 2. The molecule has 0 radical (unpaired) electrons. The van der Waals surface area contributed by atoms with E-state index in [0.717, 1.165) is 18.5 Å². The van der Waals surface area contributed by atoms with Gasteiger partial charge in [-0.25, -0.2) is 0 Å². The van der Waals surface area contributed by atoms with Gasteiger partial charge in [-0.3, -0.25) is 14.6 Å². The van der Waals surface area contributed by atoms with E-state index in [9.17, 15) is 14.7 Å². The lowest BCUT2D eigenvalue weighted by Gasteiger charge is -2.31. The predicted octanol–water partition coefficient (Wildman–Crippen LogP) is 1.97. The quantitative estimate of drug-likeness (QED) is 0.900. The maximum Gasteiger partial charge on any atom is 0.307 e. The second kappa shape index (κ2) is 7.20. The van der Waals surface area contributed by atoms with Crippen molar-refractivity contribution in [3.63, 3.8) is 0 Å². The SMILES string of the molecule is CN(CCc1ccccn1)C(=O)[C@@H]1CCCC[C@@H]1C(=O)O. The van der Waals surface area contributed by atoms with Crippen LogP contribution in [0.4, 0.5) is 0 Å². The molecule has 0 bridgehead atoms. The fourth-order valence-electron chi connectivity index (χ4n) is 2.94. The summed E-state index contributed by atoms with van der Waals surface area (Å²) in [7, 11) is 1.75. The molecular formula is C16H22N2O3. The molecule has 21 heavy (non-hydrogen) atoms. The van der Waals surface area contributed by atoms with Gasteiger partial charge in [0.15, 0.2) is 0 Å². The molecule has 0 spiro atoms. The number of aliphatic carboxylic acids is 1. The molecule has 5 nitrogen and oxygen atoms in total. The lowest BCUT2D eigenvalue weighted by molar-refractivity contribution is -0.151. The van der Waals surface area contributed by atoms with Gasteiger partial charge in [0, 0.05) is 31.9 Å². The number of carboxylic acids is 1. The summed E-state index contributed by atoms with van der Waals surface area (Å²) in [6.07, 6.45) is 5.56. The Bertz CT molecular complexity index is 490. The molecule has 0 aliphatic heterocycles. The summed E-state index contributed by atoms with van der Waals surface area (Å²) in [5.74, 6) is -1.78. The molecule has 1 fully saturated rings. The largest absolute Gasteiger partial charge is 0.481 e. The Kier molecular flexibility index (Phi) is 5.31. The highest BCUT2D eigenvalue weighted by Crippen LogP contribution is 2.31. The van der Waals surface area contributed by atoms with Gasteiger partial charge in [-0.2, -0.15) is 0 Å². The first-order valence-corrected chi connectivity index (χ1v) is 7.47. The fraction of sp³-hybridized carbons (Fsp3) is 0.562. The number of nitrogens with zero attached hydrogens (tertiary/aromatic N) is 2. The van der Waals surface area contributed by atoms with Gasteiger partial charge in [0.2, 0.25) is 5.91 Å². The van der Waals surface area contributed by atoms with Crippen LogP contribution in [0.1, 0.15) is 31.4 Å². The molecule has 1 aromatic heterocycles. The number of pyridine rings is 1. The van der Waals surface area contributed by atoms with E-state index in [2.05, 4.69) is 4.98 Å². The highest BCUT2D eigenvalue weighted by atomic mass is 16.4. The van der Waals surface area contributed by atoms with Crippen molar-refractivity contribution < 1.29 is 14.7 Å². The Hall–Kier alpha value is -1.91. The van der Waals surface area contributed by atoms with Gasteiger partial charge >= 0.3 is 5.97 Å². The van der Waals surface area contributed by atoms with Gasteiger partial charge in [0.1, 0.15) is 0 Å². The monoisotopic (exact) mass is 290 g/mol. The lowest BCUT2D eigenvalue weighted by atomic mass is 9.78. The summed E-state index contributed by atoms with van der Waals surface area (Å²) in [6.45, 7) is 0.568. The summed E-state index contributed by atoms with van der Waals surface area (Å²) in [4.78, 5) is 29.7. The molecule has 1 aliphatic carbocycles. The van der Waals surface area contributed by atoms with Crippen LogP contribution in [0.25, 0.3) is 0 Å². The van der Waals surface area contributed by atoms with Crippen LogP contribution in [0.5, 0.6) is 0 Å². The van der Waals surface area contributed by atoms with Gasteiger partial charge in [-0.15, -0.1) is 0 Å². The van der Waals surface area contributed by atoms with Gasteiger partial charge in [-0.05, 0) is 25.0 Å². The van der Waals surface area contributed by atoms with Crippen molar-refractivity contribution in [3.05, 3.63) is 30.1 Å². The predicted molar refractivity (Wildman–Crippen MR) is 78.7 cm³/mol. The number of carbonyl (C=O) groups excluding carboxylic acids is 1. The van der Waals surface area contributed by atoms with Crippen LogP contribution in [0.3, 0.4) is 0 Å². The summed E-state index contributed by atoms with van der Waals surface area (Å²) in [6, 6.07) is 5.71. The Labute approximate surface area is 125 Å². The van der Waals surface area contributed by atoms with Gasteiger partial charge in [-0.1, -0.05) is 18.9 Å². The number of carboxylic acid groups (broad SMARTS) is 1. The lowest BCUT2D eigenvalue weighted by Crippen LogP contribution is -2.41. The Morgan fingerprint density at radius 1 is 1.29 bits per heavy atom. The smallest absolute Gasteiger partial charge is 0.307 e. The van der Waals surface area contributed by atoms with Crippen LogP contribution in [-0.4, -0.2) is 40.5 Å². The maximum atomic E-state index is 12.5. The van der Waals surface area contributed by atoms with Gasteiger partial charge in [0.25, 0.3) is 0 Å². The van der Waals surface area contributed by atoms with E-state index >= 15 is 0 Å². The van der Waals surface area contributed by atoms with Crippen molar-refractivity contribution in [3.8, 4) is 0 Å². The molecule has 1 heterocycles. The topological polar surface area (TPSA) is 70.5 Å².